The quantitative estimate of drug-likeness (QED) is 0.765. The van der Waals surface area contributed by atoms with E-state index < -0.39 is 15.9 Å². The maximum absolute atomic E-state index is 12.6. The number of primary amides is 1. The third-order valence-corrected chi connectivity index (χ3v) is 6.88. The molecule has 2 aliphatic rings. The van der Waals surface area contributed by atoms with Crippen LogP contribution in [0.25, 0.3) is 0 Å². The summed E-state index contributed by atoms with van der Waals surface area (Å²) in [6.07, 6.45) is 3.09. The van der Waals surface area contributed by atoms with E-state index >= 15 is 0 Å². The zero-order valence-electron chi connectivity index (χ0n) is 15.3. The van der Waals surface area contributed by atoms with Gasteiger partial charge < -0.3 is 11.1 Å². The number of likely N-dealkylation sites (tertiary alicyclic amines) is 1. The third-order valence-electron chi connectivity index (χ3n) is 5.01. The predicted molar refractivity (Wildman–Crippen MR) is 104 cm³/mol. The van der Waals surface area contributed by atoms with E-state index in [-0.39, 0.29) is 24.1 Å². The van der Waals surface area contributed by atoms with Crippen LogP contribution in [0.2, 0.25) is 0 Å². The Bertz CT molecular complexity index is 811. The van der Waals surface area contributed by atoms with Crippen LogP contribution in [0, 0.1) is 5.92 Å². The maximum Gasteiger partial charge on any atom is 0.235 e. The summed E-state index contributed by atoms with van der Waals surface area (Å²) in [6, 6.07) is 6.94. The smallest absolute Gasteiger partial charge is 0.235 e. The molecule has 2 aliphatic heterocycles. The summed E-state index contributed by atoms with van der Waals surface area (Å²) in [6.45, 7) is 1.88. The van der Waals surface area contributed by atoms with Crippen LogP contribution >= 0.6 is 0 Å². The molecule has 148 valence electrons. The number of nitrogens with two attached hydrogens (primary N) is 1. The van der Waals surface area contributed by atoms with E-state index in [9.17, 15) is 18.0 Å². The summed E-state index contributed by atoms with van der Waals surface area (Å²) in [5.74, 6) is -0.587. The minimum Gasteiger partial charge on any atom is -0.369 e. The molecule has 1 atom stereocenters. The molecule has 2 amide bonds. The van der Waals surface area contributed by atoms with Crippen molar-refractivity contribution in [2.24, 2.45) is 11.7 Å². The van der Waals surface area contributed by atoms with Gasteiger partial charge in [0.2, 0.25) is 21.8 Å². The Balaban J connectivity index is 1.67. The summed E-state index contributed by atoms with van der Waals surface area (Å²) in [5.41, 5.74) is 6.39. The molecule has 3 N–H and O–H groups in total. The van der Waals surface area contributed by atoms with Gasteiger partial charge in [0.05, 0.1) is 23.9 Å². The van der Waals surface area contributed by atoms with Crippen molar-refractivity contribution in [1.29, 1.82) is 0 Å². The van der Waals surface area contributed by atoms with Crippen molar-refractivity contribution < 1.29 is 18.0 Å². The van der Waals surface area contributed by atoms with E-state index in [4.69, 9.17) is 5.73 Å². The Labute approximate surface area is 159 Å². The lowest BCUT2D eigenvalue weighted by Gasteiger charge is -2.31. The largest absolute Gasteiger partial charge is 0.369 e. The van der Waals surface area contributed by atoms with Crippen LogP contribution in [0.15, 0.2) is 24.3 Å². The van der Waals surface area contributed by atoms with E-state index in [0.29, 0.717) is 30.9 Å². The number of piperidine rings is 1. The summed E-state index contributed by atoms with van der Waals surface area (Å²) < 4.78 is 26.0. The molecule has 0 aromatic heterocycles. The van der Waals surface area contributed by atoms with Crippen molar-refractivity contribution in [2.75, 3.05) is 41.6 Å². The van der Waals surface area contributed by atoms with Crippen LogP contribution in [-0.4, -0.2) is 57.1 Å². The number of rotatable bonds is 5. The topological polar surface area (TPSA) is 113 Å². The van der Waals surface area contributed by atoms with Gasteiger partial charge in [0.15, 0.2) is 0 Å². The number of carbonyl (C=O) groups is 2. The van der Waals surface area contributed by atoms with Crippen molar-refractivity contribution in [3.63, 3.8) is 0 Å². The van der Waals surface area contributed by atoms with Gasteiger partial charge in [-0.15, -0.1) is 0 Å². The Morgan fingerprint density at radius 2 is 2.00 bits per heavy atom. The number of amides is 2. The zero-order valence-corrected chi connectivity index (χ0v) is 16.1. The Morgan fingerprint density at radius 3 is 2.74 bits per heavy atom. The lowest BCUT2D eigenvalue weighted by atomic mass is 9.97. The highest BCUT2D eigenvalue weighted by atomic mass is 32.2. The molecule has 9 heteroatoms. The van der Waals surface area contributed by atoms with Gasteiger partial charge in [-0.25, -0.2) is 8.42 Å². The second-order valence-corrected chi connectivity index (χ2v) is 9.19. The van der Waals surface area contributed by atoms with E-state index in [1.54, 1.807) is 24.3 Å². The number of carbonyl (C=O) groups excluding carboxylic acids is 2. The highest BCUT2D eigenvalue weighted by molar-refractivity contribution is 7.92. The summed E-state index contributed by atoms with van der Waals surface area (Å²) in [7, 11) is -3.29. The second kappa shape index (κ2) is 8.26. The molecule has 2 fully saturated rings. The molecule has 0 aliphatic carbocycles. The first-order valence-corrected chi connectivity index (χ1v) is 10.9. The highest BCUT2D eigenvalue weighted by Crippen LogP contribution is 2.26. The lowest BCUT2D eigenvalue weighted by molar-refractivity contribution is -0.124. The van der Waals surface area contributed by atoms with Crippen LogP contribution < -0.4 is 15.4 Å². The molecule has 1 aromatic carbocycles. The number of nitrogens with one attached hydrogen (secondary N) is 1. The molecular formula is C18H26N4O4S. The standard InChI is InChI=1S/C18H26N4O4S/c19-17(23)13-21-8-4-5-14(12-21)18(24)20-15-6-3-7-16(11-15)22-9-1-2-10-27(22,25)26/h3,6-7,11,14H,1-2,4-5,8-10,12-13H2,(H2,19,23)(H,20,24)/t14-/m0/s1. The maximum atomic E-state index is 12.6. The van der Waals surface area contributed by atoms with Crippen molar-refractivity contribution in [2.45, 2.75) is 25.7 Å². The van der Waals surface area contributed by atoms with Gasteiger partial charge in [0.1, 0.15) is 0 Å². The summed E-state index contributed by atoms with van der Waals surface area (Å²) in [4.78, 5) is 25.6. The molecule has 0 radical (unpaired) electrons. The first-order chi connectivity index (χ1) is 12.8. The summed E-state index contributed by atoms with van der Waals surface area (Å²) >= 11 is 0. The SMILES string of the molecule is NC(=O)CN1CCC[C@H](C(=O)Nc2cccc(N3CCCCS3(=O)=O)c2)C1. The van der Waals surface area contributed by atoms with E-state index in [0.717, 1.165) is 25.8 Å². The van der Waals surface area contributed by atoms with Gasteiger partial charge in [-0.1, -0.05) is 6.07 Å². The van der Waals surface area contributed by atoms with Gasteiger partial charge in [0, 0.05) is 18.8 Å². The number of hydrogen-bond acceptors (Lipinski definition) is 5. The molecule has 0 saturated carbocycles. The second-order valence-electron chi connectivity index (χ2n) is 7.18. The zero-order chi connectivity index (χ0) is 19.4. The minimum atomic E-state index is -3.29. The van der Waals surface area contributed by atoms with Crippen LogP contribution in [0.1, 0.15) is 25.7 Å². The number of nitrogens with zero attached hydrogens (tertiary/aromatic N) is 2. The molecule has 2 saturated heterocycles. The Kier molecular flexibility index (Phi) is 6.01. The fourth-order valence-corrected chi connectivity index (χ4v) is 5.33. The normalized spacial score (nSPS) is 23.0. The lowest BCUT2D eigenvalue weighted by Crippen LogP contribution is -2.44. The van der Waals surface area contributed by atoms with Crippen LogP contribution in [0.3, 0.4) is 0 Å². The van der Waals surface area contributed by atoms with Crippen molar-refractivity contribution >= 4 is 33.2 Å². The molecule has 3 rings (SSSR count). The molecule has 1 aromatic rings. The van der Waals surface area contributed by atoms with E-state index in [1.807, 2.05) is 4.90 Å². The van der Waals surface area contributed by atoms with Crippen molar-refractivity contribution in [1.82, 2.24) is 4.90 Å². The molecule has 0 unspecified atom stereocenters. The Morgan fingerprint density at radius 1 is 1.19 bits per heavy atom. The monoisotopic (exact) mass is 394 g/mol. The third kappa shape index (κ3) is 4.98. The van der Waals surface area contributed by atoms with Gasteiger partial charge in [-0.05, 0) is 50.4 Å². The predicted octanol–water partition coefficient (Wildman–Crippen LogP) is 0.752. The first-order valence-electron chi connectivity index (χ1n) is 9.27. The van der Waals surface area contributed by atoms with Crippen LogP contribution in [-0.2, 0) is 19.6 Å². The minimum absolute atomic E-state index is 0.122. The van der Waals surface area contributed by atoms with Crippen LogP contribution in [0.4, 0.5) is 11.4 Å². The fraction of sp³-hybridized carbons (Fsp3) is 0.556. The number of hydrogen-bond donors (Lipinski definition) is 2. The van der Waals surface area contributed by atoms with Gasteiger partial charge >= 0.3 is 0 Å². The average Bonchev–Trinajstić information content (AvgIpc) is 2.61. The first kappa shape index (κ1) is 19.6. The highest BCUT2D eigenvalue weighted by Gasteiger charge is 2.28. The van der Waals surface area contributed by atoms with E-state index in [2.05, 4.69) is 5.32 Å². The molecule has 0 spiro atoms. The number of anilines is 2. The molecular weight excluding hydrogens is 368 g/mol. The molecule has 8 nitrogen and oxygen atoms in total. The van der Waals surface area contributed by atoms with Crippen molar-refractivity contribution in [3.05, 3.63) is 24.3 Å². The van der Waals surface area contributed by atoms with Gasteiger partial charge in [0.25, 0.3) is 0 Å². The van der Waals surface area contributed by atoms with Crippen LogP contribution in [0.5, 0.6) is 0 Å². The number of sulfonamides is 1. The average molecular weight is 394 g/mol. The molecule has 2 heterocycles. The van der Waals surface area contributed by atoms with Gasteiger partial charge in [-0.2, -0.15) is 0 Å². The van der Waals surface area contributed by atoms with Crippen molar-refractivity contribution in [3.8, 4) is 0 Å². The molecule has 27 heavy (non-hydrogen) atoms. The molecule has 0 bridgehead atoms. The van der Waals surface area contributed by atoms with E-state index in [1.165, 1.54) is 4.31 Å². The fourth-order valence-electron chi connectivity index (χ4n) is 3.70. The summed E-state index contributed by atoms with van der Waals surface area (Å²) in [5, 5.41) is 2.89. The van der Waals surface area contributed by atoms with Gasteiger partial charge in [-0.3, -0.25) is 18.8 Å². The number of benzene rings is 1. The Hall–Kier alpha value is -2.13.